The van der Waals surface area contributed by atoms with Crippen LogP contribution < -0.4 is 9.64 Å². The lowest BCUT2D eigenvalue weighted by molar-refractivity contribution is -0.155. The standard InChI is InChI=1S/C33H36N2O6/c1-32(2,3)41-28(37)18-19-33-29(40-30(34-33)24-14-16-25(17-15-24)39-21-9-20-36)26-12-7-8-13-27(26)35(31(33)38)22-23-10-5-4-6-11-23/h4-8,10-17,29,36H,9,18-22H2,1-3H3/t29-,33-/m1/s1. The zero-order valence-corrected chi connectivity index (χ0v) is 23.7. The number of carbonyl (C=O) groups is 2. The van der Waals surface area contributed by atoms with Crippen LogP contribution in [0.4, 0.5) is 5.69 Å². The van der Waals surface area contributed by atoms with E-state index < -0.39 is 17.2 Å². The summed E-state index contributed by atoms with van der Waals surface area (Å²) < 4.78 is 17.7. The molecule has 8 nitrogen and oxygen atoms in total. The van der Waals surface area contributed by atoms with Crippen LogP contribution >= 0.6 is 0 Å². The lowest BCUT2D eigenvalue weighted by Crippen LogP contribution is -2.54. The zero-order valence-electron chi connectivity index (χ0n) is 23.7. The Morgan fingerprint density at radius 3 is 2.44 bits per heavy atom. The third kappa shape index (κ3) is 6.12. The molecule has 3 aromatic rings. The molecule has 2 aliphatic heterocycles. The first kappa shape index (κ1) is 28.4. The van der Waals surface area contributed by atoms with Crippen LogP contribution in [-0.4, -0.2) is 47.2 Å². The lowest BCUT2D eigenvalue weighted by atomic mass is 9.79. The van der Waals surface area contributed by atoms with E-state index in [9.17, 15) is 9.59 Å². The van der Waals surface area contributed by atoms with Gasteiger partial charge in [0.2, 0.25) is 5.90 Å². The molecule has 0 aliphatic carbocycles. The van der Waals surface area contributed by atoms with Crippen molar-refractivity contribution >= 4 is 23.5 Å². The van der Waals surface area contributed by atoms with Gasteiger partial charge in [-0.15, -0.1) is 0 Å². The molecular weight excluding hydrogens is 520 g/mol. The van der Waals surface area contributed by atoms with Gasteiger partial charge in [-0.3, -0.25) is 9.59 Å². The van der Waals surface area contributed by atoms with Crippen molar-refractivity contribution in [3.8, 4) is 5.75 Å². The summed E-state index contributed by atoms with van der Waals surface area (Å²) in [5.41, 5.74) is 1.31. The molecule has 0 spiro atoms. The van der Waals surface area contributed by atoms with Gasteiger partial charge >= 0.3 is 5.97 Å². The van der Waals surface area contributed by atoms with E-state index in [4.69, 9.17) is 24.3 Å². The Morgan fingerprint density at radius 1 is 1.02 bits per heavy atom. The Kier molecular flexibility index (Phi) is 8.13. The number of esters is 1. The molecule has 0 bridgehead atoms. The van der Waals surface area contributed by atoms with E-state index in [0.29, 0.717) is 36.8 Å². The first-order valence-corrected chi connectivity index (χ1v) is 14.0. The Labute approximate surface area is 240 Å². The van der Waals surface area contributed by atoms with Crippen molar-refractivity contribution < 1.29 is 28.9 Å². The van der Waals surface area contributed by atoms with Gasteiger partial charge in [0.1, 0.15) is 11.4 Å². The van der Waals surface area contributed by atoms with Crippen molar-refractivity contribution in [1.29, 1.82) is 0 Å². The second-order valence-corrected chi connectivity index (χ2v) is 11.3. The highest BCUT2D eigenvalue weighted by Crippen LogP contribution is 2.51. The minimum atomic E-state index is -1.34. The monoisotopic (exact) mass is 556 g/mol. The third-order valence-electron chi connectivity index (χ3n) is 7.08. The minimum Gasteiger partial charge on any atom is -0.494 e. The predicted molar refractivity (Wildman–Crippen MR) is 156 cm³/mol. The van der Waals surface area contributed by atoms with Crippen molar-refractivity contribution in [3.05, 3.63) is 95.6 Å². The molecule has 0 saturated heterocycles. The molecule has 2 heterocycles. The minimum absolute atomic E-state index is 0.0125. The molecule has 3 aromatic carbocycles. The Hall–Kier alpha value is -4.17. The molecular formula is C33H36N2O6. The first-order chi connectivity index (χ1) is 19.7. The Morgan fingerprint density at radius 2 is 1.73 bits per heavy atom. The van der Waals surface area contributed by atoms with Crippen LogP contribution in [-0.2, 0) is 25.6 Å². The number of amides is 1. The molecule has 0 fully saturated rings. The van der Waals surface area contributed by atoms with E-state index in [1.54, 1.807) is 4.90 Å². The summed E-state index contributed by atoms with van der Waals surface area (Å²) in [4.78, 5) is 34.1. The van der Waals surface area contributed by atoms with Gasteiger partial charge in [-0.05, 0) is 63.1 Å². The van der Waals surface area contributed by atoms with Gasteiger partial charge in [0.15, 0.2) is 11.6 Å². The second-order valence-electron chi connectivity index (χ2n) is 11.3. The SMILES string of the molecule is CC(C)(C)OC(=O)CC[C@@]12N=C(c3ccc(OCCCO)cc3)O[C@@H]1c1ccccc1N(Cc1ccccc1)C2=O. The van der Waals surface area contributed by atoms with E-state index in [1.807, 2.05) is 99.6 Å². The summed E-state index contributed by atoms with van der Waals surface area (Å²) in [5, 5.41) is 9.01. The van der Waals surface area contributed by atoms with E-state index in [1.165, 1.54) is 0 Å². The number of hydrogen-bond acceptors (Lipinski definition) is 7. The molecule has 2 atom stereocenters. The van der Waals surface area contributed by atoms with Crippen molar-refractivity contribution in [3.63, 3.8) is 0 Å². The van der Waals surface area contributed by atoms with Crippen LogP contribution in [0.25, 0.3) is 0 Å². The maximum absolute atomic E-state index is 14.5. The van der Waals surface area contributed by atoms with Gasteiger partial charge in [0.25, 0.3) is 5.91 Å². The highest BCUT2D eigenvalue weighted by atomic mass is 16.6. The molecule has 214 valence electrons. The first-order valence-electron chi connectivity index (χ1n) is 14.0. The molecule has 1 N–H and O–H groups in total. The van der Waals surface area contributed by atoms with Crippen LogP contribution in [0.1, 0.15) is 62.8 Å². The number of fused-ring (bicyclic) bond motifs is 3. The van der Waals surface area contributed by atoms with Gasteiger partial charge in [0, 0.05) is 30.6 Å². The molecule has 0 unspecified atom stereocenters. The average molecular weight is 557 g/mol. The highest BCUT2D eigenvalue weighted by molar-refractivity contribution is 6.09. The molecule has 0 radical (unpaired) electrons. The number of aliphatic imine (C=N–C) groups is 1. The van der Waals surface area contributed by atoms with E-state index >= 15 is 0 Å². The normalized spacial score (nSPS) is 19.6. The van der Waals surface area contributed by atoms with Gasteiger partial charge in [0.05, 0.1) is 18.8 Å². The summed E-state index contributed by atoms with van der Waals surface area (Å²) in [7, 11) is 0. The van der Waals surface area contributed by atoms with E-state index in [0.717, 1.165) is 16.8 Å². The van der Waals surface area contributed by atoms with Crippen molar-refractivity contribution in [1.82, 2.24) is 0 Å². The molecule has 2 aliphatic rings. The number of rotatable bonds is 10. The van der Waals surface area contributed by atoms with Crippen LogP contribution in [0.5, 0.6) is 5.75 Å². The number of para-hydroxylation sites is 1. The topological polar surface area (TPSA) is 97.7 Å². The summed E-state index contributed by atoms with van der Waals surface area (Å²) in [5.74, 6) is 0.395. The smallest absolute Gasteiger partial charge is 0.306 e. The number of aliphatic hydroxyl groups is 1. The molecule has 0 aromatic heterocycles. The fraction of sp³-hybridized carbons (Fsp3) is 0.364. The number of carbonyl (C=O) groups excluding carboxylic acids is 2. The molecule has 5 rings (SSSR count). The van der Waals surface area contributed by atoms with Crippen LogP contribution in [0.2, 0.25) is 0 Å². The summed E-state index contributed by atoms with van der Waals surface area (Å²) in [6.07, 6.45) is -0.00760. The van der Waals surface area contributed by atoms with Gasteiger partial charge in [-0.25, -0.2) is 4.99 Å². The van der Waals surface area contributed by atoms with Gasteiger partial charge in [-0.1, -0.05) is 48.5 Å². The number of aliphatic hydroxyl groups excluding tert-OH is 1. The fourth-order valence-corrected chi connectivity index (χ4v) is 5.24. The lowest BCUT2D eigenvalue weighted by Gasteiger charge is -2.41. The molecule has 0 saturated carbocycles. The largest absolute Gasteiger partial charge is 0.494 e. The van der Waals surface area contributed by atoms with E-state index in [-0.39, 0.29) is 31.3 Å². The molecule has 41 heavy (non-hydrogen) atoms. The van der Waals surface area contributed by atoms with Crippen molar-refractivity contribution in [2.45, 2.75) is 63.8 Å². The fourth-order valence-electron chi connectivity index (χ4n) is 5.24. The Bertz CT molecular complexity index is 1410. The quantitative estimate of drug-likeness (QED) is 0.266. The number of anilines is 1. The summed E-state index contributed by atoms with van der Waals surface area (Å²) in [6, 6.07) is 24.8. The van der Waals surface area contributed by atoms with Crippen molar-refractivity contribution in [2.24, 2.45) is 4.99 Å². The predicted octanol–water partition coefficient (Wildman–Crippen LogP) is 5.37. The number of benzene rings is 3. The number of ether oxygens (including phenoxy) is 3. The highest BCUT2D eigenvalue weighted by Gasteiger charge is 2.58. The van der Waals surface area contributed by atoms with Gasteiger partial charge in [-0.2, -0.15) is 0 Å². The van der Waals surface area contributed by atoms with Crippen LogP contribution in [0, 0.1) is 0 Å². The van der Waals surface area contributed by atoms with E-state index in [2.05, 4.69) is 0 Å². The average Bonchev–Trinajstić information content (AvgIpc) is 3.36. The van der Waals surface area contributed by atoms with Gasteiger partial charge < -0.3 is 24.2 Å². The van der Waals surface area contributed by atoms with Crippen molar-refractivity contribution in [2.75, 3.05) is 18.1 Å². The number of hydrogen-bond donors (Lipinski definition) is 1. The molecule has 8 heteroatoms. The maximum atomic E-state index is 14.5. The van der Waals surface area contributed by atoms with Crippen LogP contribution in [0.3, 0.4) is 0 Å². The summed E-state index contributed by atoms with van der Waals surface area (Å²) in [6.45, 7) is 6.30. The number of nitrogens with zero attached hydrogens (tertiary/aromatic N) is 2. The zero-order chi connectivity index (χ0) is 29.0. The maximum Gasteiger partial charge on any atom is 0.306 e. The van der Waals surface area contributed by atoms with Crippen LogP contribution in [0.15, 0.2) is 83.9 Å². The third-order valence-corrected chi connectivity index (χ3v) is 7.08. The second kappa shape index (κ2) is 11.7. The summed E-state index contributed by atoms with van der Waals surface area (Å²) >= 11 is 0. The Balaban J connectivity index is 1.53. The molecule has 1 amide bonds.